The van der Waals surface area contributed by atoms with E-state index in [1.165, 1.54) is 0 Å². The zero-order chi connectivity index (χ0) is 20.5. The van der Waals surface area contributed by atoms with E-state index < -0.39 is 5.97 Å². The minimum absolute atomic E-state index is 0.00687. The second-order valence-electron chi connectivity index (χ2n) is 7.91. The number of aromatic nitrogens is 2. The number of nitrogens with zero attached hydrogens (tertiary/aromatic N) is 2. The highest BCUT2D eigenvalue weighted by atomic mass is 32.2. The summed E-state index contributed by atoms with van der Waals surface area (Å²) in [7, 11) is 1.92. The molecule has 0 radical (unpaired) electrons. The summed E-state index contributed by atoms with van der Waals surface area (Å²) in [6.45, 7) is 8.78. The Hall–Kier alpha value is -2.47. The van der Waals surface area contributed by atoms with Crippen molar-refractivity contribution in [2.45, 2.75) is 50.4 Å². The number of fused-ring (bicyclic) bond motifs is 1. The Bertz CT molecular complexity index is 1000. The van der Waals surface area contributed by atoms with Crippen molar-refractivity contribution in [3.05, 3.63) is 53.5 Å². The van der Waals surface area contributed by atoms with Gasteiger partial charge in [-0.3, -0.25) is 9.78 Å². The Morgan fingerprint density at radius 3 is 2.61 bits per heavy atom. The molecule has 148 valence electrons. The number of thioether (sulfide) groups is 1. The molecule has 2 heterocycles. The van der Waals surface area contributed by atoms with E-state index in [-0.39, 0.29) is 11.2 Å². The number of carbonyl (C=O) groups is 1. The molecule has 0 aliphatic heterocycles. The molecule has 2 aromatic heterocycles. The Kier molecular flexibility index (Phi) is 5.70. The monoisotopic (exact) mass is 398 g/mol. The van der Waals surface area contributed by atoms with Crippen molar-refractivity contribution in [3.8, 4) is 5.75 Å². The first-order valence-electron chi connectivity index (χ1n) is 9.20. The van der Waals surface area contributed by atoms with Crippen LogP contribution < -0.4 is 4.74 Å². The lowest BCUT2D eigenvalue weighted by atomic mass is 10.2. The largest absolute Gasteiger partial charge is 0.487 e. The molecule has 1 aromatic carbocycles. The van der Waals surface area contributed by atoms with E-state index in [1.807, 2.05) is 55.1 Å². The summed E-state index contributed by atoms with van der Waals surface area (Å²) < 4.78 is 7.90. The molecule has 3 rings (SSSR count). The van der Waals surface area contributed by atoms with Gasteiger partial charge in [0.25, 0.3) is 0 Å². The molecule has 0 bridgehead atoms. The maximum absolute atomic E-state index is 11.4. The van der Waals surface area contributed by atoms with Crippen LogP contribution in [0.25, 0.3) is 10.9 Å². The molecule has 0 aliphatic rings. The number of aliphatic carboxylic acids is 1. The molecule has 0 unspecified atom stereocenters. The highest BCUT2D eigenvalue weighted by molar-refractivity contribution is 8.00. The van der Waals surface area contributed by atoms with Crippen molar-refractivity contribution in [2.75, 3.05) is 0 Å². The Morgan fingerprint density at radius 1 is 1.25 bits per heavy atom. The second-order valence-corrected chi connectivity index (χ2v) is 9.75. The summed E-state index contributed by atoms with van der Waals surface area (Å²) in [6, 6.07) is 9.89. The lowest BCUT2D eigenvalue weighted by Gasteiger charge is -2.18. The third-order valence-corrected chi connectivity index (χ3v) is 5.60. The molecule has 5 nitrogen and oxygen atoms in total. The summed E-state index contributed by atoms with van der Waals surface area (Å²) >= 11 is 1.69. The van der Waals surface area contributed by atoms with Crippen molar-refractivity contribution >= 4 is 28.6 Å². The molecule has 0 saturated carbocycles. The SMILES string of the molecule is Cc1ccc(COc2ccc3c(c2)c(SC(C)(C)C)c(CC(=O)O)n3C)nc1. The summed E-state index contributed by atoms with van der Waals surface area (Å²) in [5.41, 5.74) is 3.81. The fourth-order valence-electron chi connectivity index (χ4n) is 3.04. The first-order valence-corrected chi connectivity index (χ1v) is 10.0. The molecule has 0 spiro atoms. The third-order valence-electron chi connectivity index (χ3n) is 4.33. The lowest BCUT2D eigenvalue weighted by molar-refractivity contribution is -0.136. The average molecular weight is 399 g/mol. The summed E-state index contributed by atoms with van der Waals surface area (Å²) in [5, 5.41) is 10.4. The molecule has 0 aliphatic carbocycles. The van der Waals surface area contributed by atoms with Gasteiger partial charge in [0.1, 0.15) is 12.4 Å². The van der Waals surface area contributed by atoms with Crippen LogP contribution in [-0.4, -0.2) is 25.4 Å². The van der Waals surface area contributed by atoms with Gasteiger partial charge in [-0.05, 0) is 36.8 Å². The maximum Gasteiger partial charge on any atom is 0.309 e. The molecule has 28 heavy (non-hydrogen) atoms. The number of benzene rings is 1. The highest BCUT2D eigenvalue weighted by Gasteiger charge is 2.23. The van der Waals surface area contributed by atoms with Crippen molar-refractivity contribution in [1.29, 1.82) is 0 Å². The van der Waals surface area contributed by atoms with Crippen molar-refractivity contribution in [2.24, 2.45) is 7.05 Å². The molecule has 1 N–H and O–H groups in total. The van der Waals surface area contributed by atoms with E-state index in [0.29, 0.717) is 6.61 Å². The number of rotatable bonds is 6. The Morgan fingerprint density at radius 2 is 2.00 bits per heavy atom. The van der Waals surface area contributed by atoms with Crippen LogP contribution in [0.1, 0.15) is 37.7 Å². The van der Waals surface area contributed by atoms with Crippen molar-refractivity contribution in [1.82, 2.24) is 9.55 Å². The van der Waals surface area contributed by atoms with E-state index in [9.17, 15) is 9.90 Å². The zero-order valence-corrected chi connectivity index (χ0v) is 17.8. The van der Waals surface area contributed by atoms with Crippen LogP contribution in [0.2, 0.25) is 0 Å². The standard InChI is InChI=1S/C22H26N2O3S/c1-14-6-7-15(23-12-14)13-27-16-8-9-18-17(10-16)21(28-22(2,3)4)19(24(18)5)11-20(25)26/h6-10,12H,11,13H2,1-5H3,(H,25,26). The van der Waals surface area contributed by atoms with Crippen LogP contribution in [0.5, 0.6) is 5.75 Å². The number of hydrogen-bond donors (Lipinski definition) is 1. The molecule has 0 fully saturated rings. The number of carboxylic acids is 1. The summed E-state index contributed by atoms with van der Waals surface area (Å²) in [6.07, 6.45) is 1.82. The fourth-order valence-corrected chi connectivity index (χ4v) is 4.25. The van der Waals surface area contributed by atoms with Crippen molar-refractivity contribution in [3.63, 3.8) is 0 Å². The summed E-state index contributed by atoms with van der Waals surface area (Å²) in [4.78, 5) is 16.8. The van der Waals surface area contributed by atoms with E-state index in [0.717, 1.165) is 38.5 Å². The second kappa shape index (κ2) is 7.87. The highest BCUT2D eigenvalue weighted by Crippen LogP contribution is 2.41. The fraction of sp³-hybridized carbons (Fsp3) is 0.364. The van der Waals surface area contributed by atoms with Crippen LogP contribution in [0.4, 0.5) is 0 Å². The predicted molar refractivity (Wildman–Crippen MR) is 113 cm³/mol. The van der Waals surface area contributed by atoms with Crippen LogP contribution in [0, 0.1) is 6.92 Å². The van der Waals surface area contributed by atoms with Crippen LogP contribution in [-0.2, 0) is 24.9 Å². The smallest absolute Gasteiger partial charge is 0.309 e. The predicted octanol–water partition coefficient (Wildman–Crippen LogP) is 4.98. The van der Waals surface area contributed by atoms with Gasteiger partial charge < -0.3 is 14.4 Å². The van der Waals surface area contributed by atoms with Gasteiger partial charge in [0, 0.05) is 39.5 Å². The van der Waals surface area contributed by atoms with Crippen molar-refractivity contribution < 1.29 is 14.6 Å². The lowest BCUT2D eigenvalue weighted by Crippen LogP contribution is -2.10. The zero-order valence-electron chi connectivity index (χ0n) is 16.9. The van der Waals surface area contributed by atoms with Crippen LogP contribution in [0.15, 0.2) is 41.4 Å². The minimum atomic E-state index is -0.830. The number of ether oxygens (including phenoxy) is 1. The third kappa shape index (κ3) is 4.68. The molecule has 0 saturated heterocycles. The number of pyridine rings is 1. The van der Waals surface area contributed by atoms with Gasteiger partial charge in [0.2, 0.25) is 0 Å². The first-order chi connectivity index (χ1) is 13.1. The van der Waals surface area contributed by atoms with E-state index >= 15 is 0 Å². The molecular formula is C22H26N2O3S. The van der Waals surface area contributed by atoms with E-state index in [4.69, 9.17) is 4.74 Å². The molecule has 0 atom stereocenters. The normalized spacial score (nSPS) is 11.8. The van der Waals surface area contributed by atoms with Crippen LogP contribution in [0.3, 0.4) is 0 Å². The minimum Gasteiger partial charge on any atom is -0.487 e. The molecular weight excluding hydrogens is 372 g/mol. The number of carboxylic acid groups (broad SMARTS) is 1. The van der Waals surface area contributed by atoms with Gasteiger partial charge >= 0.3 is 5.97 Å². The summed E-state index contributed by atoms with van der Waals surface area (Å²) in [5.74, 6) is -0.0818. The Labute approximate surface area is 169 Å². The molecule has 0 amide bonds. The first kappa shape index (κ1) is 20.3. The van der Waals surface area contributed by atoms with E-state index in [2.05, 4.69) is 25.8 Å². The van der Waals surface area contributed by atoms with Gasteiger partial charge in [-0.15, -0.1) is 11.8 Å². The topological polar surface area (TPSA) is 64.3 Å². The van der Waals surface area contributed by atoms with Gasteiger partial charge in [-0.1, -0.05) is 26.8 Å². The molecule has 3 aromatic rings. The maximum atomic E-state index is 11.4. The number of aryl methyl sites for hydroxylation is 2. The Balaban J connectivity index is 1.97. The number of hydrogen-bond acceptors (Lipinski definition) is 4. The average Bonchev–Trinajstić information content (AvgIpc) is 2.85. The van der Waals surface area contributed by atoms with Crippen LogP contribution >= 0.6 is 11.8 Å². The quantitative estimate of drug-likeness (QED) is 0.593. The molecule has 6 heteroatoms. The van der Waals surface area contributed by atoms with Gasteiger partial charge in [-0.25, -0.2) is 0 Å². The van der Waals surface area contributed by atoms with E-state index in [1.54, 1.807) is 11.8 Å². The van der Waals surface area contributed by atoms with Gasteiger partial charge in [0.15, 0.2) is 0 Å². The van der Waals surface area contributed by atoms with Gasteiger partial charge in [0.05, 0.1) is 12.1 Å². The van der Waals surface area contributed by atoms with Gasteiger partial charge in [-0.2, -0.15) is 0 Å².